The summed E-state index contributed by atoms with van der Waals surface area (Å²) in [6.07, 6.45) is 2.89. The standard InChI is InChI=1S/C9H10.H2O2/c1-2-6-9-7-4-3-5-8-9;1-2/h2-5,7-8H,1,6H2;1-2H. The normalized spacial score (nSPS) is 7.82. The van der Waals surface area contributed by atoms with E-state index in [1.807, 2.05) is 24.3 Å². The van der Waals surface area contributed by atoms with Gasteiger partial charge < -0.3 is 0 Å². The highest BCUT2D eigenvalue weighted by Gasteiger charge is 1.82. The van der Waals surface area contributed by atoms with Gasteiger partial charge in [-0.3, -0.25) is 10.5 Å². The van der Waals surface area contributed by atoms with E-state index in [0.717, 1.165) is 6.42 Å². The lowest BCUT2D eigenvalue weighted by molar-refractivity contribution is -0.176. The third kappa shape index (κ3) is 4.31. The van der Waals surface area contributed by atoms with Gasteiger partial charge in [-0.05, 0) is 12.0 Å². The minimum Gasteiger partial charge on any atom is -0.255 e. The van der Waals surface area contributed by atoms with Crippen molar-refractivity contribution < 1.29 is 10.5 Å². The smallest absolute Gasteiger partial charge is 0.0100 e. The monoisotopic (exact) mass is 152 g/mol. The van der Waals surface area contributed by atoms with Gasteiger partial charge in [0.15, 0.2) is 0 Å². The zero-order valence-corrected chi connectivity index (χ0v) is 6.27. The van der Waals surface area contributed by atoms with E-state index in [0.29, 0.717) is 0 Å². The largest absolute Gasteiger partial charge is 0.255 e. The highest BCUT2D eigenvalue weighted by Crippen LogP contribution is 1.98. The Kier molecular flexibility index (Phi) is 6.28. The minimum absolute atomic E-state index is 0.973. The molecular formula is C9H12O2. The Labute approximate surface area is 66.4 Å². The Morgan fingerprint density at radius 2 is 1.73 bits per heavy atom. The molecule has 0 aromatic heterocycles. The molecule has 0 fully saturated rings. The van der Waals surface area contributed by atoms with E-state index in [1.165, 1.54) is 5.56 Å². The Morgan fingerprint density at radius 3 is 2.18 bits per heavy atom. The molecule has 0 aliphatic rings. The van der Waals surface area contributed by atoms with Crippen LogP contribution in [-0.2, 0) is 6.42 Å². The topological polar surface area (TPSA) is 40.5 Å². The Balaban J connectivity index is 0.000000461. The van der Waals surface area contributed by atoms with Crippen LogP contribution in [0.15, 0.2) is 43.0 Å². The second-order valence-electron chi connectivity index (χ2n) is 1.98. The van der Waals surface area contributed by atoms with Crippen LogP contribution in [0.1, 0.15) is 5.56 Å². The third-order valence-corrected chi connectivity index (χ3v) is 1.22. The summed E-state index contributed by atoms with van der Waals surface area (Å²) in [6, 6.07) is 10.3. The van der Waals surface area contributed by atoms with Crippen molar-refractivity contribution in [1.82, 2.24) is 0 Å². The van der Waals surface area contributed by atoms with E-state index >= 15 is 0 Å². The van der Waals surface area contributed by atoms with Crippen LogP contribution in [0.2, 0.25) is 0 Å². The van der Waals surface area contributed by atoms with E-state index in [1.54, 1.807) is 0 Å². The first-order valence-electron chi connectivity index (χ1n) is 3.28. The fourth-order valence-electron chi connectivity index (χ4n) is 0.781. The molecule has 2 nitrogen and oxygen atoms in total. The van der Waals surface area contributed by atoms with Crippen molar-refractivity contribution in [3.05, 3.63) is 48.6 Å². The average molecular weight is 152 g/mol. The van der Waals surface area contributed by atoms with Gasteiger partial charge in [0.2, 0.25) is 0 Å². The summed E-state index contributed by atoms with van der Waals surface area (Å²) in [7, 11) is 0. The highest BCUT2D eigenvalue weighted by atomic mass is 17.0. The van der Waals surface area contributed by atoms with Gasteiger partial charge in [0.05, 0.1) is 0 Å². The van der Waals surface area contributed by atoms with Crippen molar-refractivity contribution in [1.29, 1.82) is 0 Å². The van der Waals surface area contributed by atoms with Gasteiger partial charge in [-0.25, -0.2) is 0 Å². The summed E-state index contributed by atoms with van der Waals surface area (Å²) in [5.41, 5.74) is 1.33. The summed E-state index contributed by atoms with van der Waals surface area (Å²) in [5, 5.41) is 12.0. The molecule has 1 aromatic carbocycles. The van der Waals surface area contributed by atoms with Crippen molar-refractivity contribution in [2.75, 3.05) is 0 Å². The van der Waals surface area contributed by atoms with Crippen LogP contribution in [0.5, 0.6) is 0 Å². The van der Waals surface area contributed by atoms with Crippen LogP contribution in [0.3, 0.4) is 0 Å². The number of benzene rings is 1. The number of hydrogen-bond donors (Lipinski definition) is 2. The molecule has 0 atom stereocenters. The molecule has 11 heavy (non-hydrogen) atoms. The lowest BCUT2D eigenvalue weighted by atomic mass is 10.2. The third-order valence-electron chi connectivity index (χ3n) is 1.22. The summed E-state index contributed by atoms with van der Waals surface area (Å²) in [5.74, 6) is 0. The van der Waals surface area contributed by atoms with Crippen molar-refractivity contribution in [2.24, 2.45) is 0 Å². The van der Waals surface area contributed by atoms with Gasteiger partial charge in [0.1, 0.15) is 0 Å². The summed E-state index contributed by atoms with van der Waals surface area (Å²) in [6.45, 7) is 3.66. The van der Waals surface area contributed by atoms with Crippen molar-refractivity contribution in [3.8, 4) is 0 Å². The molecule has 0 bridgehead atoms. The summed E-state index contributed by atoms with van der Waals surface area (Å²) < 4.78 is 0. The first-order chi connectivity index (χ1) is 5.43. The zero-order chi connectivity index (χ0) is 8.53. The molecule has 0 aliphatic heterocycles. The quantitative estimate of drug-likeness (QED) is 0.388. The van der Waals surface area contributed by atoms with Crippen LogP contribution in [-0.4, -0.2) is 10.5 Å². The Morgan fingerprint density at radius 1 is 1.18 bits per heavy atom. The molecule has 0 heterocycles. The van der Waals surface area contributed by atoms with Gasteiger partial charge in [-0.1, -0.05) is 36.4 Å². The zero-order valence-electron chi connectivity index (χ0n) is 6.27. The Hall–Kier alpha value is -1.12. The predicted octanol–water partition coefficient (Wildman–Crippen LogP) is 2.43. The van der Waals surface area contributed by atoms with Gasteiger partial charge in [-0.2, -0.15) is 0 Å². The molecule has 2 N–H and O–H groups in total. The molecular weight excluding hydrogens is 140 g/mol. The first-order valence-corrected chi connectivity index (χ1v) is 3.28. The van der Waals surface area contributed by atoms with Crippen molar-refractivity contribution in [2.45, 2.75) is 6.42 Å². The molecule has 1 aromatic rings. The summed E-state index contributed by atoms with van der Waals surface area (Å²) >= 11 is 0. The van der Waals surface area contributed by atoms with Crippen LogP contribution in [0.4, 0.5) is 0 Å². The molecule has 1 rings (SSSR count). The molecule has 0 spiro atoms. The molecule has 0 saturated carbocycles. The van der Waals surface area contributed by atoms with E-state index in [-0.39, 0.29) is 0 Å². The molecule has 0 aliphatic carbocycles. The van der Waals surface area contributed by atoms with Gasteiger partial charge in [0.25, 0.3) is 0 Å². The SMILES string of the molecule is C=CCc1ccccc1.OO. The molecule has 0 unspecified atom stereocenters. The van der Waals surface area contributed by atoms with Gasteiger partial charge >= 0.3 is 0 Å². The fraction of sp³-hybridized carbons (Fsp3) is 0.111. The molecule has 2 heteroatoms. The van der Waals surface area contributed by atoms with Crippen LogP contribution >= 0.6 is 0 Å². The summed E-state index contributed by atoms with van der Waals surface area (Å²) in [4.78, 5) is 0. The number of rotatable bonds is 2. The minimum atomic E-state index is 0.973. The molecule has 60 valence electrons. The first kappa shape index (κ1) is 9.88. The maximum Gasteiger partial charge on any atom is -0.0100 e. The second-order valence-corrected chi connectivity index (χ2v) is 1.98. The molecule has 0 saturated heterocycles. The lowest BCUT2D eigenvalue weighted by Crippen LogP contribution is -1.75. The predicted molar refractivity (Wildman–Crippen MR) is 45.6 cm³/mol. The van der Waals surface area contributed by atoms with Crippen LogP contribution in [0.25, 0.3) is 0 Å². The van der Waals surface area contributed by atoms with E-state index in [2.05, 4.69) is 18.7 Å². The fourth-order valence-corrected chi connectivity index (χ4v) is 0.781. The van der Waals surface area contributed by atoms with Gasteiger partial charge in [-0.15, -0.1) is 6.58 Å². The van der Waals surface area contributed by atoms with E-state index < -0.39 is 0 Å². The van der Waals surface area contributed by atoms with Crippen molar-refractivity contribution in [3.63, 3.8) is 0 Å². The number of hydrogen-bond acceptors (Lipinski definition) is 2. The van der Waals surface area contributed by atoms with E-state index in [4.69, 9.17) is 10.5 Å². The van der Waals surface area contributed by atoms with Crippen molar-refractivity contribution >= 4 is 0 Å². The maximum absolute atomic E-state index is 6.00. The maximum atomic E-state index is 6.00. The lowest BCUT2D eigenvalue weighted by Gasteiger charge is -1.91. The van der Waals surface area contributed by atoms with Crippen LogP contribution < -0.4 is 0 Å². The Bertz CT molecular complexity index is 182. The average Bonchev–Trinajstić information content (AvgIpc) is 2.11. The molecule has 0 radical (unpaired) electrons. The van der Waals surface area contributed by atoms with Gasteiger partial charge in [0, 0.05) is 0 Å². The molecule has 0 amide bonds. The van der Waals surface area contributed by atoms with Crippen LogP contribution in [0, 0.1) is 0 Å². The number of allylic oxidation sites excluding steroid dienone is 1. The van der Waals surface area contributed by atoms with E-state index in [9.17, 15) is 0 Å². The highest BCUT2D eigenvalue weighted by molar-refractivity contribution is 5.16. The second kappa shape index (κ2) is 6.99.